The monoisotopic (exact) mass is 663 g/mol. The van der Waals surface area contributed by atoms with E-state index in [-0.39, 0.29) is 10.8 Å². The van der Waals surface area contributed by atoms with E-state index in [1.54, 1.807) is 0 Å². The molecule has 7 rings (SSSR count). The molecule has 0 aliphatic rings. The lowest BCUT2D eigenvalue weighted by molar-refractivity contribution is 0.568. The van der Waals surface area contributed by atoms with Crippen LogP contribution in [0.1, 0.15) is 52.7 Å². The van der Waals surface area contributed by atoms with Crippen LogP contribution in [0, 0.1) is 0 Å². The Morgan fingerprint density at radius 1 is 0.373 bits per heavy atom. The smallest absolute Gasteiger partial charge is 0.139 e. The first-order valence-electron chi connectivity index (χ1n) is 17.8. The number of hydrogen-bond acceptors (Lipinski definition) is 3. The second-order valence-electron chi connectivity index (χ2n) is 15.2. The molecule has 7 aromatic rings. The quantitative estimate of drug-likeness (QED) is 0.170. The number of nitrogens with zero attached hydrogens (tertiary/aromatic N) is 3. The van der Waals surface area contributed by atoms with Crippen LogP contribution in [0.4, 0.5) is 17.3 Å². The predicted molar refractivity (Wildman–Crippen MR) is 216 cm³/mol. The summed E-state index contributed by atoms with van der Waals surface area (Å²) in [5.41, 5.74) is 11.8. The Morgan fingerprint density at radius 3 is 1.04 bits per heavy atom. The summed E-state index contributed by atoms with van der Waals surface area (Å²) >= 11 is 0. The van der Waals surface area contributed by atoms with E-state index in [0.717, 1.165) is 62.1 Å². The number of benzene rings is 5. The Hall–Kier alpha value is -5.80. The van der Waals surface area contributed by atoms with Crippen LogP contribution in [0.15, 0.2) is 164 Å². The Kier molecular flexibility index (Phi) is 9.14. The summed E-state index contributed by atoms with van der Waals surface area (Å²) < 4.78 is 0. The molecular weight excluding hydrogens is 619 g/mol. The third kappa shape index (κ3) is 7.25. The van der Waals surface area contributed by atoms with E-state index in [1.165, 1.54) is 11.1 Å². The molecule has 3 heteroatoms. The maximum atomic E-state index is 5.53. The van der Waals surface area contributed by atoms with E-state index in [4.69, 9.17) is 9.97 Å². The molecule has 0 radical (unpaired) electrons. The van der Waals surface area contributed by atoms with Gasteiger partial charge in [-0.25, -0.2) is 9.97 Å². The molecule has 51 heavy (non-hydrogen) atoms. The molecule has 0 bridgehead atoms. The van der Waals surface area contributed by atoms with Crippen molar-refractivity contribution in [2.75, 3.05) is 4.90 Å². The van der Waals surface area contributed by atoms with Crippen molar-refractivity contribution in [2.45, 2.75) is 52.4 Å². The number of aromatic nitrogens is 2. The molecule has 0 atom stereocenters. The molecule has 5 aromatic carbocycles. The first kappa shape index (κ1) is 33.7. The van der Waals surface area contributed by atoms with Gasteiger partial charge in [0.25, 0.3) is 0 Å². The average Bonchev–Trinajstić information content (AvgIpc) is 3.15. The topological polar surface area (TPSA) is 29.0 Å². The highest BCUT2D eigenvalue weighted by molar-refractivity contribution is 5.86. The van der Waals surface area contributed by atoms with Gasteiger partial charge in [-0.3, -0.25) is 4.90 Å². The molecular formula is C48H45N3. The van der Waals surface area contributed by atoms with Gasteiger partial charge in [0.2, 0.25) is 0 Å². The first-order valence-corrected chi connectivity index (χ1v) is 17.8. The third-order valence-electron chi connectivity index (χ3n) is 9.39. The Balaban J connectivity index is 1.53. The van der Waals surface area contributed by atoms with E-state index in [1.807, 2.05) is 0 Å². The van der Waals surface area contributed by atoms with Crippen molar-refractivity contribution in [1.82, 2.24) is 9.97 Å². The van der Waals surface area contributed by atoms with Crippen LogP contribution in [0.3, 0.4) is 0 Å². The molecule has 0 spiro atoms. The SMILES string of the molecule is CC(C)(C)c1cc(N(c2ccc(-c3ccccc3)c(-c3ccccc3)n2)c2ccc(-c3ccccc3)c(-c3ccccc3)n2)cc(C(C)(C)C)c1. The second kappa shape index (κ2) is 13.8. The third-order valence-corrected chi connectivity index (χ3v) is 9.39. The molecule has 0 unspecified atom stereocenters. The van der Waals surface area contributed by atoms with Gasteiger partial charge in [-0.15, -0.1) is 0 Å². The van der Waals surface area contributed by atoms with Gasteiger partial charge in [0.1, 0.15) is 11.6 Å². The number of hydrogen-bond donors (Lipinski definition) is 0. The molecule has 2 heterocycles. The van der Waals surface area contributed by atoms with Gasteiger partial charge in [-0.1, -0.05) is 169 Å². The fourth-order valence-corrected chi connectivity index (χ4v) is 6.47. The van der Waals surface area contributed by atoms with Gasteiger partial charge >= 0.3 is 0 Å². The minimum absolute atomic E-state index is 0.0682. The van der Waals surface area contributed by atoms with Gasteiger partial charge in [-0.2, -0.15) is 0 Å². The summed E-state index contributed by atoms with van der Waals surface area (Å²) in [6.07, 6.45) is 0. The molecule has 2 aromatic heterocycles. The van der Waals surface area contributed by atoms with Crippen LogP contribution in [-0.2, 0) is 10.8 Å². The van der Waals surface area contributed by atoms with Crippen LogP contribution >= 0.6 is 0 Å². The summed E-state index contributed by atoms with van der Waals surface area (Å²) in [5.74, 6) is 1.61. The molecule has 0 saturated heterocycles. The largest absolute Gasteiger partial charge is 0.279 e. The standard InChI is InChI=1S/C48H45N3/c1-47(2,3)38-31-39(48(4,5)6)33-40(32-38)51(43-29-27-41(34-19-11-7-12-20-34)45(49-43)36-23-15-9-16-24-36)44-30-28-42(35-21-13-8-14-22-35)46(50-44)37-25-17-10-18-26-37/h7-33H,1-6H3. The zero-order valence-electron chi connectivity index (χ0n) is 30.4. The molecule has 252 valence electrons. The minimum Gasteiger partial charge on any atom is -0.279 e. The van der Waals surface area contributed by atoms with Crippen molar-refractivity contribution in [3.8, 4) is 44.8 Å². The van der Waals surface area contributed by atoms with Gasteiger partial charge < -0.3 is 0 Å². The number of pyridine rings is 2. The molecule has 0 saturated carbocycles. The lowest BCUT2D eigenvalue weighted by atomic mass is 9.80. The van der Waals surface area contributed by atoms with Gasteiger partial charge in [0.05, 0.1) is 11.4 Å². The lowest BCUT2D eigenvalue weighted by Gasteiger charge is -2.31. The summed E-state index contributed by atoms with van der Waals surface area (Å²) in [6, 6.07) is 57.7. The maximum Gasteiger partial charge on any atom is 0.139 e. The van der Waals surface area contributed by atoms with Gasteiger partial charge in [-0.05, 0) is 69.5 Å². The zero-order chi connectivity index (χ0) is 35.6. The summed E-state index contributed by atoms with van der Waals surface area (Å²) in [5, 5.41) is 0. The molecule has 0 aliphatic heterocycles. The number of rotatable bonds is 7. The first-order chi connectivity index (χ1) is 24.6. The van der Waals surface area contributed by atoms with E-state index in [2.05, 4.69) is 210 Å². The highest BCUT2D eigenvalue weighted by atomic mass is 15.2. The fourth-order valence-electron chi connectivity index (χ4n) is 6.47. The van der Waals surface area contributed by atoms with Crippen LogP contribution in [-0.4, -0.2) is 9.97 Å². The van der Waals surface area contributed by atoms with Crippen molar-refractivity contribution in [3.63, 3.8) is 0 Å². The van der Waals surface area contributed by atoms with Crippen molar-refractivity contribution in [2.24, 2.45) is 0 Å². The normalized spacial score (nSPS) is 11.7. The Bertz CT molecular complexity index is 2090. The molecule has 0 fully saturated rings. The molecule has 3 nitrogen and oxygen atoms in total. The lowest BCUT2D eigenvalue weighted by Crippen LogP contribution is -2.20. The predicted octanol–water partition coefficient (Wildman–Crippen LogP) is 13.2. The van der Waals surface area contributed by atoms with Crippen LogP contribution in [0.5, 0.6) is 0 Å². The fraction of sp³-hybridized carbons (Fsp3) is 0.167. The van der Waals surface area contributed by atoms with Crippen LogP contribution in [0.25, 0.3) is 44.8 Å². The van der Waals surface area contributed by atoms with E-state index >= 15 is 0 Å². The second-order valence-corrected chi connectivity index (χ2v) is 15.2. The Labute approximate surface area is 303 Å². The van der Waals surface area contributed by atoms with E-state index in [9.17, 15) is 0 Å². The molecule has 0 N–H and O–H groups in total. The van der Waals surface area contributed by atoms with Crippen molar-refractivity contribution in [3.05, 3.63) is 175 Å². The summed E-state index contributed by atoms with van der Waals surface area (Å²) in [6.45, 7) is 13.7. The van der Waals surface area contributed by atoms with E-state index < -0.39 is 0 Å². The van der Waals surface area contributed by atoms with Crippen molar-refractivity contribution in [1.29, 1.82) is 0 Å². The van der Waals surface area contributed by atoms with Gasteiger partial charge in [0.15, 0.2) is 0 Å². The zero-order valence-corrected chi connectivity index (χ0v) is 30.4. The summed E-state index contributed by atoms with van der Waals surface area (Å²) in [4.78, 5) is 13.3. The summed E-state index contributed by atoms with van der Waals surface area (Å²) in [7, 11) is 0. The van der Waals surface area contributed by atoms with Crippen molar-refractivity contribution < 1.29 is 0 Å². The van der Waals surface area contributed by atoms with Gasteiger partial charge in [0, 0.05) is 27.9 Å². The highest BCUT2D eigenvalue weighted by Crippen LogP contribution is 2.42. The minimum atomic E-state index is -0.0682. The average molecular weight is 664 g/mol. The highest BCUT2D eigenvalue weighted by Gasteiger charge is 2.26. The van der Waals surface area contributed by atoms with E-state index in [0.29, 0.717) is 0 Å². The molecule has 0 aliphatic carbocycles. The number of anilines is 3. The van der Waals surface area contributed by atoms with Crippen LogP contribution in [0.2, 0.25) is 0 Å². The molecule has 0 amide bonds. The maximum absolute atomic E-state index is 5.53. The van der Waals surface area contributed by atoms with Crippen molar-refractivity contribution >= 4 is 17.3 Å². The van der Waals surface area contributed by atoms with Crippen LogP contribution < -0.4 is 4.90 Å². The Morgan fingerprint density at radius 2 is 0.706 bits per heavy atom.